The van der Waals surface area contributed by atoms with Gasteiger partial charge >= 0.3 is 5.97 Å². The van der Waals surface area contributed by atoms with Crippen LogP contribution in [0, 0.1) is 0 Å². The Bertz CT molecular complexity index is 378. The number of aromatic nitrogens is 2. The normalized spacial score (nSPS) is 10.5. The van der Waals surface area contributed by atoms with Gasteiger partial charge in [0.05, 0.1) is 19.5 Å². The lowest BCUT2D eigenvalue weighted by Gasteiger charge is -2.18. The first-order valence-corrected chi connectivity index (χ1v) is 5.81. The lowest BCUT2D eigenvalue weighted by atomic mass is 10.3. The molecule has 0 atom stereocenters. The predicted octanol–water partition coefficient (Wildman–Crippen LogP) is 0.651. The second kappa shape index (κ2) is 6.90. The number of hydrogen-bond donors (Lipinski definition) is 0. The molecule has 0 aliphatic carbocycles. The van der Waals surface area contributed by atoms with Crippen LogP contribution in [0.1, 0.15) is 16.9 Å². The number of rotatable bonds is 6. The van der Waals surface area contributed by atoms with Gasteiger partial charge in [-0.25, -0.2) is 14.8 Å². The second-order valence-electron chi connectivity index (χ2n) is 4.33. The fourth-order valence-electron chi connectivity index (χ4n) is 1.47. The first-order chi connectivity index (χ1) is 8.54. The Labute approximate surface area is 108 Å². The summed E-state index contributed by atoms with van der Waals surface area (Å²) in [5.41, 5.74) is 0.225. The zero-order chi connectivity index (χ0) is 13.5. The smallest absolute Gasteiger partial charge is 0.358 e. The van der Waals surface area contributed by atoms with E-state index in [1.54, 1.807) is 6.20 Å². The van der Waals surface area contributed by atoms with E-state index in [4.69, 9.17) is 0 Å². The summed E-state index contributed by atoms with van der Waals surface area (Å²) in [5.74, 6) is 0.283. The molecule has 1 aromatic heterocycles. The maximum Gasteiger partial charge on any atom is 0.358 e. The summed E-state index contributed by atoms with van der Waals surface area (Å²) in [7, 11) is 7.37. The Hall–Kier alpha value is -1.69. The minimum absolute atomic E-state index is 0.225. The third-order valence-electron chi connectivity index (χ3n) is 2.52. The second-order valence-corrected chi connectivity index (χ2v) is 4.33. The van der Waals surface area contributed by atoms with Crippen molar-refractivity contribution >= 4 is 11.8 Å². The number of anilines is 1. The van der Waals surface area contributed by atoms with Crippen molar-refractivity contribution in [1.29, 1.82) is 0 Å². The maximum absolute atomic E-state index is 11.2. The molecular formula is C12H20N4O2. The first-order valence-electron chi connectivity index (χ1n) is 5.81. The summed E-state index contributed by atoms with van der Waals surface area (Å²) in [6.45, 7) is 1.92. The largest absolute Gasteiger partial charge is 0.464 e. The Balaban J connectivity index is 2.53. The van der Waals surface area contributed by atoms with Gasteiger partial charge in [-0.1, -0.05) is 0 Å². The molecule has 6 heteroatoms. The number of nitrogens with zero attached hydrogens (tertiary/aromatic N) is 4. The van der Waals surface area contributed by atoms with Crippen LogP contribution in [0.5, 0.6) is 0 Å². The van der Waals surface area contributed by atoms with Gasteiger partial charge in [-0.2, -0.15) is 0 Å². The van der Waals surface area contributed by atoms with Crippen molar-refractivity contribution in [3.05, 3.63) is 18.1 Å². The van der Waals surface area contributed by atoms with Gasteiger partial charge in [-0.15, -0.1) is 0 Å². The summed E-state index contributed by atoms with van der Waals surface area (Å²) in [6, 6.07) is 0. The lowest BCUT2D eigenvalue weighted by molar-refractivity contribution is 0.0593. The van der Waals surface area contributed by atoms with Crippen LogP contribution >= 0.6 is 0 Å². The predicted molar refractivity (Wildman–Crippen MR) is 69.8 cm³/mol. The van der Waals surface area contributed by atoms with Gasteiger partial charge in [0.1, 0.15) is 5.82 Å². The highest BCUT2D eigenvalue weighted by Crippen LogP contribution is 2.07. The minimum Gasteiger partial charge on any atom is -0.464 e. The van der Waals surface area contributed by atoms with Crippen LogP contribution in [0.2, 0.25) is 0 Å². The summed E-state index contributed by atoms with van der Waals surface area (Å²) in [4.78, 5) is 23.6. The number of hydrogen-bond acceptors (Lipinski definition) is 6. The van der Waals surface area contributed by atoms with Crippen molar-refractivity contribution in [2.45, 2.75) is 6.42 Å². The van der Waals surface area contributed by atoms with Crippen LogP contribution in [0.15, 0.2) is 12.4 Å². The molecular weight excluding hydrogens is 232 g/mol. The average molecular weight is 252 g/mol. The van der Waals surface area contributed by atoms with Gasteiger partial charge < -0.3 is 14.5 Å². The van der Waals surface area contributed by atoms with E-state index < -0.39 is 5.97 Å². The van der Waals surface area contributed by atoms with Crippen molar-refractivity contribution in [3.8, 4) is 0 Å². The zero-order valence-corrected chi connectivity index (χ0v) is 11.4. The van der Waals surface area contributed by atoms with Crippen LogP contribution in [0.25, 0.3) is 0 Å². The summed E-state index contributed by atoms with van der Waals surface area (Å²) in [5, 5.41) is 0. The van der Waals surface area contributed by atoms with Crippen LogP contribution < -0.4 is 4.90 Å². The van der Waals surface area contributed by atoms with Crippen molar-refractivity contribution in [3.63, 3.8) is 0 Å². The monoisotopic (exact) mass is 252 g/mol. The van der Waals surface area contributed by atoms with Crippen LogP contribution in [-0.2, 0) is 4.74 Å². The summed E-state index contributed by atoms with van der Waals surface area (Å²) >= 11 is 0. The minimum atomic E-state index is -0.468. The molecule has 0 aliphatic heterocycles. The molecule has 0 bridgehead atoms. The molecule has 0 saturated heterocycles. The van der Waals surface area contributed by atoms with E-state index in [9.17, 15) is 4.79 Å². The SMILES string of the molecule is COC(=O)c1cnc(N(C)CCCN(C)C)cn1. The topological polar surface area (TPSA) is 58.6 Å². The Morgan fingerprint density at radius 2 is 1.94 bits per heavy atom. The molecule has 0 aromatic carbocycles. The van der Waals surface area contributed by atoms with E-state index in [0.717, 1.165) is 25.3 Å². The summed E-state index contributed by atoms with van der Waals surface area (Å²) < 4.78 is 4.57. The molecule has 1 rings (SSSR count). The van der Waals surface area contributed by atoms with E-state index >= 15 is 0 Å². The van der Waals surface area contributed by atoms with Crippen molar-refractivity contribution in [2.75, 3.05) is 46.2 Å². The molecule has 0 amide bonds. The highest BCUT2D eigenvalue weighted by atomic mass is 16.5. The van der Waals surface area contributed by atoms with Gasteiger partial charge in [-0.05, 0) is 27.1 Å². The van der Waals surface area contributed by atoms with E-state index in [2.05, 4.69) is 19.6 Å². The maximum atomic E-state index is 11.2. The van der Waals surface area contributed by atoms with Crippen LogP contribution in [-0.4, -0.2) is 62.2 Å². The van der Waals surface area contributed by atoms with E-state index in [1.165, 1.54) is 13.3 Å². The molecule has 0 aliphatic rings. The molecule has 0 spiro atoms. The Kier molecular flexibility index (Phi) is 5.51. The van der Waals surface area contributed by atoms with E-state index in [1.807, 2.05) is 26.0 Å². The molecule has 0 radical (unpaired) electrons. The third-order valence-corrected chi connectivity index (χ3v) is 2.52. The van der Waals surface area contributed by atoms with Gasteiger partial charge in [0, 0.05) is 13.6 Å². The molecule has 1 heterocycles. The molecule has 0 fully saturated rings. The van der Waals surface area contributed by atoms with Gasteiger partial charge in [0.2, 0.25) is 0 Å². The number of esters is 1. The number of carbonyl (C=O) groups is 1. The standard InChI is InChI=1S/C12H20N4O2/c1-15(2)6-5-7-16(3)11-9-13-10(8-14-11)12(17)18-4/h8-9H,5-7H2,1-4H3. The Morgan fingerprint density at radius 1 is 1.22 bits per heavy atom. The fourth-order valence-corrected chi connectivity index (χ4v) is 1.47. The zero-order valence-electron chi connectivity index (χ0n) is 11.4. The van der Waals surface area contributed by atoms with E-state index in [-0.39, 0.29) is 5.69 Å². The van der Waals surface area contributed by atoms with Gasteiger partial charge in [-0.3, -0.25) is 0 Å². The Morgan fingerprint density at radius 3 is 2.44 bits per heavy atom. The molecule has 100 valence electrons. The molecule has 0 saturated carbocycles. The summed E-state index contributed by atoms with van der Waals surface area (Å²) in [6.07, 6.45) is 4.06. The molecule has 1 aromatic rings. The fraction of sp³-hybridized carbons (Fsp3) is 0.583. The van der Waals surface area contributed by atoms with Gasteiger partial charge in [0.25, 0.3) is 0 Å². The quantitative estimate of drug-likeness (QED) is 0.693. The third kappa shape index (κ3) is 4.29. The molecule has 0 N–H and O–H groups in total. The van der Waals surface area contributed by atoms with Crippen molar-refractivity contribution in [2.24, 2.45) is 0 Å². The van der Waals surface area contributed by atoms with Crippen LogP contribution in [0.3, 0.4) is 0 Å². The molecule has 6 nitrogen and oxygen atoms in total. The molecule has 18 heavy (non-hydrogen) atoms. The van der Waals surface area contributed by atoms with Crippen LogP contribution in [0.4, 0.5) is 5.82 Å². The first kappa shape index (κ1) is 14.4. The average Bonchev–Trinajstić information content (AvgIpc) is 2.37. The number of ether oxygens (including phenoxy) is 1. The lowest BCUT2D eigenvalue weighted by Crippen LogP contribution is -2.24. The highest BCUT2D eigenvalue weighted by Gasteiger charge is 2.09. The van der Waals surface area contributed by atoms with Crippen molar-refractivity contribution < 1.29 is 9.53 Å². The van der Waals surface area contributed by atoms with E-state index in [0.29, 0.717) is 0 Å². The van der Waals surface area contributed by atoms with Crippen molar-refractivity contribution in [1.82, 2.24) is 14.9 Å². The van der Waals surface area contributed by atoms with Gasteiger partial charge in [0.15, 0.2) is 5.69 Å². The highest BCUT2D eigenvalue weighted by molar-refractivity contribution is 5.86. The molecule has 0 unspecified atom stereocenters. The number of carbonyl (C=O) groups excluding carboxylic acids is 1. The number of methoxy groups -OCH3 is 1.